The van der Waals surface area contributed by atoms with E-state index < -0.39 is 11.6 Å². The van der Waals surface area contributed by atoms with Crippen LogP contribution in [0.2, 0.25) is 0 Å². The van der Waals surface area contributed by atoms with Crippen LogP contribution in [-0.4, -0.2) is 58.8 Å². The van der Waals surface area contributed by atoms with Gasteiger partial charge in [-0.05, 0) is 56.6 Å². The molecule has 9 heteroatoms. The number of fused-ring (bicyclic) bond motifs is 1. The standard InChI is InChI=1S/C27H31F2N7/c1-5-27(6-2)17(3)32-25-20(27)13-18(14-21(25)28)24-22(29)16-31-26(34-24)33-23-8-7-19(15-30-23)36-11-9-35(4)10-12-36/h7-8,13-16H,5-6,9-12H2,1-4H3,(H,30,31,33,34). The lowest BCUT2D eigenvalue weighted by atomic mass is 9.73. The minimum Gasteiger partial charge on any atom is -0.368 e. The monoisotopic (exact) mass is 491 g/mol. The molecule has 0 aliphatic carbocycles. The molecule has 2 aliphatic heterocycles. The van der Waals surface area contributed by atoms with Gasteiger partial charge in [-0.3, -0.25) is 4.99 Å². The molecule has 1 N–H and O–H groups in total. The number of nitrogens with one attached hydrogen (secondary N) is 1. The van der Waals surface area contributed by atoms with Crippen molar-refractivity contribution in [3.05, 3.63) is 53.9 Å². The van der Waals surface area contributed by atoms with Gasteiger partial charge in [0.2, 0.25) is 5.95 Å². The number of rotatable bonds is 6. The molecule has 0 radical (unpaired) electrons. The van der Waals surface area contributed by atoms with Gasteiger partial charge in [-0.1, -0.05) is 13.8 Å². The quantitative estimate of drug-likeness (QED) is 0.493. The number of piperazine rings is 1. The van der Waals surface area contributed by atoms with Crippen LogP contribution in [0.5, 0.6) is 0 Å². The number of nitrogens with zero attached hydrogens (tertiary/aromatic N) is 6. The van der Waals surface area contributed by atoms with Gasteiger partial charge < -0.3 is 15.1 Å². The van der Waals surface area contributed by atoms with Crippen molar-refractivity contribution in [3.8, 4) is 11.3 Å². The summed E-state index contributed by atoms with van der Waals surface area (Å²) < 4.78 is 30.0. The third-order valence-electron chi connectivity index (χ3n) is 7.63. The molecule has 5 rings (SSSR count). The normalized spacial score (nSPS) is 17.2. The minimum absolute atomic E-state index is 0.0360. The van der Waals surface area contributed by atoms with Crippen LogP contribution >= 0.6 is 0 Å². The second-order valence-corrected chi connectivity index (χ2v) is 9.55. The summed E-state index contributed by atoms with van der Waals surface area (Å²) in [5, 5.41) is 3.05. The Balaban J connectivity index is 1.41. The molecule has 0 unspecified atom stereocenters. The zero-order chi connectivity index (χ0) is 25.4. The first-order chi connectivity index (χ1) is 17.3. The van der Waals surface area contributed by atoms with Crippen molar-refractivity contribution in [3.63, 3.8) is 0 Å². The largest absolute Gasteiger partial charge is 0.368 e. The van der Waals surface area contributed by atoms with Crippen molar-refractivity contribution < 1.29 is 8.78 Å². The average molecular weight is 492 g/mol. The zero-order valence-corrected chi connectivity index (χ0v) is 21.1. The molecule has 2 aliphatic rings. The van der Waals surface area contributed by atoms with Crippen molar-refractivity contribution in [2.45, 2.75) is 39.0 Å². The Morgan fingerprint density at radius 2 is 1.72 bits per heavy atom. The van der Waals surface area contributed by atoms with Crippen LogP contribution in [0, 0.1) is 11.6 Å². The first-order valence-corrected chi connectivity index (χ1v) is 12.4. The number of hydrogen-bond donors (Lipinski definition) is 1. The number of hydrogen-bond acceptors (Lipinski definition) is 7. The first kappa shape index (κ1) is 24.2. The molecule has 36 heavy (non-hydrogen) atoms. The van der Waals surface area contributed by atoms with Gasteiger partial charge in [0.05, 0.1) is 18.1 Å². The minimum atomic E-state index is -0.618. The summed E-state index contributed by atoms with van der Waals surface area (Å²) in [5.74, 6) is -0.353. The molecule has 0 saturated carbocycles. The predicted molar refractivity (Wildman–Crippen MR) is 140 cm³/mol. The van der Waals surface area contributed by atoms with Crippen LogP contribution in [0.15, 0.2) is 41.7 Å². The smallest absolute Gasteiger partial charge is 0.229 e. The molecule has 188 valence electrons. The molecular weight excluding hydrogens is 460 g/mol. The molecule has 0 atom stereocenters. The highest BCUT2D eigenvalue weighted by molar-refractivity contribution is 6.00. The summed E-state index contributed by atoms with van der Waals surface area (Å²) in [5.41, 5.74) is 3.11. The molecule has 0 amide bonds. The fraction of sp³-hybridized carbons (Fsp3) is 0.407. The molecule has 0 spiro atoms. The van der Waals surface area contributed by atoms with Gasteiger partial charge in [-0.15, -0.1) is 0 Å². The molecule has 1 aromatic carbocycles. The summed E-state index contributed by atoms with van der Waals surface area (Å²) in [6.07, 6.45) is 4.47. The molecular formula is C27H31F2N7. The Bertz CT molecular complexity index is 1290. The summed E-state index contributed by atoms with van der Waals surface area (Å²) in [6.45, 7) is 10.00. The Morgan fingerprint density at radius 1 is 0.972 bits per heavy atom. The zero-order valence-electron chi connectivity index (χ0n) is 21.1. The Kier molecular flexibility index (Phi) is 6.42. The van der Waals surface area contributed by atoms with Gasteiger partial charge in [-0.2, -0.15) is 0 Å². The van der Waals surface area contributed by atoms with E-state index in [2.05, 4.69) is 56.0 Å². The maximum Gasteiger partial charge on any atom is 0.229 e. The van der Waals surface area contributed by atoms with Gasteiger partial charge in [-0.25, -0.2) is 23.7 Å². The lowest BCUT2D eigenvalue weighted by molar-refractivity contribution is 0.313. The second kappa shape index (κ2) is 9.54. The third-order valence-corrected chi connectivity index (χ3v) is 7.63. The van der Waals surface area contributed by atoms with E-state index in [1.54, 1.807) is 0 Å². The van der Waals surface area contributed by atoms with Crippen molar-refractivity contribution in [2.75, 3.05) is 43.4 Å². The van der Waals surface area contributed by atoms with E-state index in [0.717, 1.165) is 62.2 Å². The van der Waals surface area contributed by atoms with Crippen molar-refractivity contribution in [2.24, 2.45) is 4.99 Å². The first-order valence-electron chi connectivity index (χ1n) is 12.4. The van der Waals surface area contributed by atoms with Crippen molar-refractivity contribution in [1.82, 2.24) is 19.9 Å². The van der Waals surface area contributed by atoms with Gasteiger partial charge in [0, 0.05) is 42.9 Å². The van der Waals surface area contributed by atoms with Gasteiger partial charge in [0.25, 0.3) is 0 Å². The summed E-state index contributed by atoms with van der Waals surface area (Å²) >= 11 is 0. The Hall–Kier alpha value is -3.46. The molecule has 3 aromatic rings. The number of aliphatic imine (C=N–C) groups is 1. The lowest BCUT2D eigenvalue weighted by Crippen LogP contribution is -2.44. The number of aromatic nitrogens is 3. The van der Waals surface area contributed by atoms with E-state index in [1.165, 1.54) is 6.07 Å². The van der Waals surface area contributed by atoms with Crippen LogP contribution in [0.3, 0.4) is 0 Å². The molecule has 7 nitrogen and oxygen atoms in total. The van der Waals surface area contributed by atoms with Gasteiger partial charge >= 0.3 is 0 Å². The number of benzene rings is 1. The summed E-state index contributed by atoms with van der Waals surface area (Å²) in [7, 11) is 2.12. The van der Waals surface area contributed by atoms with E-state index in [4.69, 9.17) is 0 Å². The molecule has 0 bridgehead atoms. The van der Waals surface area contributed by atoms with Crippen LogP contribution < -0.4 is 10.2 Å². The van der Waals surface area contributed by atoms with E-state index in [1.807, 2.05) is 31.3 Å². The van der Waals surface area contributed by atoms with Crippen LogP contribution in [-0.2, 0) is 5.41 Å². The Labute approximate surface area is 210 Å². The van der Waals surface area contributed by atoms with Gasteiger partial charge in [0.15, 0.2) is 5.82 Å². The third kappa shape index (κ3) is 4.21. The second-order valence-electron chi connectivity index (χ2n) is 9.55. The lowest BCUT2D eigenvalue weighted by Gasteiger charge is -2.33. The SMILES string of the molecule is CCC1(CC)C(C)=Nc2c(F)cc(-c3nc(Nc4ccc(N5CCN(C)CC5)cn4)ncc3F)cc21. The van der Waals surface area contributed by atoms with Gasteiger partial charge in [0.1, 0.15) is 23.0 Å². The predicted octanol–water partition coefficient (Wildman–Crippen LogP) is 5.48. The maximum absolute atomic E-state index is 15.1. The molecule has 4 heterocycles. The van der Waals surface area contributed by atoms with Crippen LogP contribution in [0.25, 0.3) is 11.3 Å². The van der Waals surface area contributed by atoms with E-state index in [9.17, 15) is 4.39 Å². The number of halogens is 2. The fourth-order valence-corrected chi connectivity index (χ4v) is 5.28. The number of likely N-dealkylation sites (N-methyl/N-ethyl adjacent to an activating group) is 1. The highest BCUT2D eigenvalue weighted by Crippen LogP contribution is 2.47. The van der Waals surface area contributed by atoms with Crippen LogP contribution in [0.4, 0.5) is 31.9 Å². The maximum atomic E-state index is 15.1. The van der Waals surface area contributed by atoms with E-state index in [0.29, 0.717) is 17.1 Å². The van der Waals surface area contributed by atoms with E-state index in [-0.39, 0.29) is 17.1 Å². The summed E-state index contributed by atoms with van der Waals surface area (Å²) in [4.78, 5) is 22.1. The fourth-order valence-electron chi connectivity index (χ4n) is 5.28. The van der Waals surface area contributed by atoms with Crippen molar-refractivity contribution in [1.29, 1.82) is 0 Å². The highest BCUT2D eigenvalue weighted by Gasteiger charge is 2.40. The Morgan fingerprint density at radius 3 is 2.39 bits per heavy atom. The molecule has 2 aromatic heterocycles. The summed E-state index contributed by atoms with van der Waals surface area (Å²) in [6, 6.07) is 6.98. The number of pyridine rings is 1. The van der Waals surface area contributed by atoms with E-state index >= 15 is 4.39 Å². The molecule has 1 fully saturated rings. The van der Waals surface area contributed by atoms with Crippen LogP contribution in [0.1, 0.15) is 39.2 Å². The highest BCUT2D eigenvalue weighted by atomic mass is 19.1. The topological polar surface area (TPSA) is 69.5 Å². The average Bonchev–Trinajstić information content (AvgIpc) is 3.18. The van der Waals surface area contributed by atoms with Crippen molar-refractivity contribution >= 4 is 28.9 Å². The number of anilines is 3. The molecule has 1 saturated heterocycles.